The fraction of sp³-hybridized carbons (Fsp3) is 0.154. The molecule has 0 spiro atoms. The van der Waals surface area contributed by atoms with Crippen molar-refractivity contribution in [3.05, 3.63) is 46.7 Å². The predicted molar refractivity (Wildman–Crippen MR) is 69.9 cm³/mol. The topological polar surface area (TPSA) is 31.4 Å². The van der Waals surface area contributed by atoms with E-state index in [4.69, 9.17) is 4.74 Å². The molecule has 0 saturated carbocycles. The number of rotatable bonds is 3. The number of halogens is 4. The first-order chi connectivity index (χ1) is 9.33. The number of hydrogen-bond donors (Lipinski definition) is 0. The Labute approximate surface area is 121 Å². The molecule has 0 aliphatic carbocycles. The van der Waals surface area contributed by atoms with Crippen LogP contribution < -0.4 is 9.47 Å². The number of hydrogen-bond acceptors (Lipinski definition) is 3. The first kappa shape index (κ1) is 14.6. The van der Waals surface area contributed by atoms with Gasteiger partial charge in [0.15, 0.2) is 0 Å². The molecule has 0 aliphatic heterocycles. The molecule has 7 heteroatoms. The molecule has 0 saturated heterocycles. The van der Waals surface area contributed by atoms with Gasteiger partial charge in [0.25, 0.3) is 0 Å². The minimum absolute atomic E-state index is 0.151. The van der Waals surface area contributed by atoms with Crippen molar-refractivity contribution in [3.8, 4) is 17.2 Å². The standard InChI is InChI=1S/C13H9BrF3NO2/c1-8-6-10(4-5-18-8)19-9-2-3-12(11(14)7-9)20-13(15,16)17/h2-7H,1H3. The second-order valence-electron chi connectivity index (χ2n) is 3.88. The van der Waals surface area contributed by atoms with Crippen LogP contribution in [0.4, 0.5) is 13.2 Å². The number of aromatic nitrogens is 1. The van der Waals surface area contributed by atoms with E-state index in [9.17, 15) is 13.2 Å². The molecular weight excluding hydrogens is 339 g/mol. The van der Waals surface area contributed by atoms with Gasteiger partial charge in [0.2, 0.25) is 0 Å². The summed E-state index contributed by atoms with van der Waals surface area (Å²) in [5, 5.41) is 0. The van der Waals surface area contributed by atoms with Crippen LogP contribution >= 0.6 is 15.9 Å². The SMILES string of the molecule is Cc1cc(Oc2ccc(OC(F)(F)F)c(Br)c2)ccn1. The molecule has 2 rings (SSSR count). The Morgan fingerprint density at radius 1 is 1.10 bits per heavy atom. The van der Waals surface area contributed by atoms with E-state index in [-0.39, 0.29) is 10.2 Å². The van der Waals surface area contributed by atoms with Crippen molar-refractivity contribution >= 4 is 15.9 Å². The van der Waals surface area contributed by atoms with Gasteiger partial charge < -0.3 is 9.47 Å². The van der Waals surface area contributed by atoms with Crippen LogP contribution in [0, 0.1) is 6.92 Å². The lowest BCUT2D eigenvalue weighted by Crippen LogP contribution is -2.17. The maximum Gasteiger partial charge on any atom is 0.573 e. The number of ether oxygens (including phenoxy) is 2. The molecule has 0 N–H and O–H groups in total. The Hall–Kier alpha value is -1.76. The van der Waals surface area contributed by atoms with Gasteiger partial charge in [-0.15, -0.1) is 13.2 Å². The second kappa shape index (κ2) is 5.70. The summed E-state index contributed by atoms with van der Waals surface area (Å²) >= 11 is 3.01. The van der Waals surface area contributed by atoms with E-state index < -0.39 is 6.36 Å². The maximum absolute atomic E-state index is 12.1. The molecule has 0 radical (unpaired) electrons. The molecule has 0 unspecified atom stereocenters. The van der Waals surface area contributed by atoms with Gasteiger partial charge in [-0.3, -0.25) is 4.98 Å². The predicted octanol–water partition coefficient (Wildman–Crippen LogP) is 4.84. The Morgan fingerprint density at radius 2 is 1.80 bits per heavy atom. The highest BCUT2D eigenvalue weighted by Gasteiger charge is 2.32. The first-order valence-electron chi connectivity index (χ1n) is 5.49. The number of aryl methyl sites for hydroxylation is 1. The van der Waals surface area contributed by atoms with Crippen molar-refractivity contribution < 1.29 is 22.6 Å². The van der Waals surface area contributed by atoms with Crippen LogP contribution in [0.25, 0.3) is 0 Å². The summed E-state index contributed by atoms with van der Waals surface area (Å²) in [5.74, 6) is 0.613. The van der Waals surface area contributed by atoms with E-state index in [1.54, 1.807) is 18.3 Å². The van der Waals surface area contributed by atoms with Gasteiger partial charge in [0, 0.05) is 18.0 Å². The molecular formula is C13H9BrF3NO2. The van der Waals surface area contributed by atoms with Crippen molar-refractivity contribution in [1.29, 1.82) is 0 Å². The summed E-state index contributed by atoms with van der Waals surface area (Å²) in [6, 6.07) is 7.34. The highest BCUT2D eigenvalue weighted by molar-refractivity contribution is 9.10. The molecule has 0 amide bonds. The maximum atomic E-state index is 12.1. The molecule has 0 fully saturated rings. The van der Waals surface area contributed by atoms with Gasteiger partial charge >= 0.3 is 6.36 Å². The zero-order valence-corrected chi connectivity index (χ0v) is 11.8. The van der Waals surface area contributed by atoms with Crippen LogP contribution in [0.2, 0.25) is 0 Å². The summed E-state index contributed by atoms with van der Waals surface area (Å²) in [6.07, 6.45) is -3.14. The highest BCUT2D eigenvalue weighted by atomic mass is 79.9. The van der Waals surface area contributed by atoms with Crippen molar-refractivity contribution in [2.45, 2.75) is 13.3 Å². The summed E-state index contributed by atoms with van der Waals surface area (Å²) in [6.45, 7) is 1.81. The third-order valence-electron chi connectivity index (χ3n) is 2.23. The van der Waals surface area contributed by atoms with E-state index in [1.165, 1.54) is 18.2 Å². The lowest BCUT2D eigenvalue weighted by molar-refractivity contribution is -0.274. The van der Waals surface area contributed by atoms with Crippen LogP contribution in [0.3, 0.4) is 0 Å². The van der Waals surface area contributed by atoms with Crippen molar-refractivity contribution in [3.63, 3.8) is 0 Å². The fourth-order valence-corrected chi connectivity index (χ4v) is 1.91. The first-order valence-corrected chi connectivity index (χ1v) is 6.28. The molecule has 3 nitrogen and oxygen atoms in total. The number of alkyl halides is 3. The van der Waals surface area contributed by atoms with Crippen LogP contribution in [0.1, 0.15) is 5.69 Å². The van der Waals surface area contributed by atoms with Gasteiger partial charge in [-0.2, -0.15) is 0 Å². The van der Waals surface area contributed by atoms with Gasteiger partial charge in [-0.1, -0.05) is 0 Å². The summed E-state index contributed by atoms with van der Waals surface area (Å²) in [5.41, 5.74) is 0.776. The van der Waals surface area contributed by atoms with Crippen molar-refractivity contribution in [2.75, 3.05) is 0 Å². The fourth-order valence-electron chi connectivity index (χ4n) is 1.47. The summed E-state index contributed by atoms with van der Waals surface area (Å²) in [7, 11) is 0. The zero-order valence-electron chi connectivity index (χ0n) is 10.2. The molecule has 1 heterocycles. The molecule has 1 aromatic carbocycles. The Balaban J connectivity index is 2.17. The Morgan fingerprint density at radius 3 is 2.40 bits per heavy atom. The van der Waals surface area contributed by atoms with E-state index in [0.717, 1.165) is 5.69 Å². The van der Waals surface area contributed by atoms with Crippen LogP contribution in [0.5, 0.6) is 17.2 Å². The third-order valence-corrected chi connectivity index (χ3v) is 2.85. The number of pyridine rings is 1. The molecule has 0 atom stereocenters. The summed E-state index contributed by atoms with van der Waals surface area (Å²) in [4.78, 5) is 4.02. The van der Waals surface area contributed by atoms with Crippen molar-refractivity contribution in [1.82, 2.24) is 4.98 Å². The van der Waals surface area contributed by atoms with E-state index in [2.05, 4.69) is 25.7 Å². The van der Waals surface area contributed by atoms with Crippen molar-refractivity contribution in [2.24, 2.45) is 0 Å². The summed E-state index contributed by atoms with van der Waals surface area (Å²) < 4.78 is 45.9. The minimum atomic E-state index is -4.73. The van der Waals surface area contributed by atoms with E-state index in [0.29, 0.717) is 11.5 Å². The average Bonchev–Trinajstić information content (AvgIpc) is 2.31. The average molecular weight is 348 g/mol. The molecule has 1 aromatic heterocycles. The van der Waals surface area contributed by atoms with Gasteiger partial charge in [0.05, 0.1) is 4.47 Å². The lowest BCUT2D eigenvalue weighted by Gasteiger charge is -2.12. The molecule has 106 valence electrons. The zero-order chi connectivity index (χ0) is 14.8. The van der Waals surface area contributed by atoms with Gasteiger partial charge in [-0.05, 0) is 47.1 Å². The second-order valence-corrected chi connectivity index (χ2v) is 4.73. The molecule has 0 aliphatic rings. The largest absolute Gasteiger partial charge is 0.573 e. The smallest absolute Gasteiger partial charge is 0.457 e. The quantitative estimate of drug-likeness (QED) is 0.795. The molecule has 2 aromatic rings. The molecule has 20 heavy (non-hydrogen) atoms. The Kier molecular flexibility index (Phi) is 4.17. The monoisotopic (exact) mass is 347 g/mol. The minimum Gasteiger partial charge on any atom is -0.457 e. The number of benzene rings is 1. The number of nitrogens with zero attached hydrogens (tertiary/aromatic N) is 1. The highest BCUT2D eigenvalue weighted by Crippen LogP contribution is 2.34. The lowest BCUT2D eigenvalue weighted by atomic mass is 10.3. The van der Waals surface area contributed by atoms with Crippen LogP contribution in [0.15, 0.2) is 41.0 Å². The third kappa shape index (κ3) is 4.12. The van der Waals surface area contributed by atoms with Gasteiger partial charge in [0.1, 0.15) is 17.2 Å². The normalized spacial score (nSPS) is 11.2. The van der Waals surface area contributed by atoms with Crippen LogP contribution in [-0.2, 0) is 0 Å². The molecule has 0 bridgehead atoms. The van der Waals surface area contributed by atoms with E-state index in [1.807, 2.05) is 6.92 Å². The van der Waals surface area contributed by atoms with Crippen LogP contribution in [-0.4, -0.2) is 11.3 Å². The Bertz CT molecular complexity index is 617. The van der Waals surface area contributed by atoms with E-state index >= 15 is 0 Å². The van der Waals surface area contributed by atoms with Gasteiger partial charge in [-0.25, -0.2) is 0 Å².